The van der Waals surface area contributed by atoms with E-state index in [1.54, 1.807) is 6.07 Å². The molecule has 1 aromatic heterocycles. The molecule has 4 nitrogen and oxygen atoms in total. The molecule has 1 heterocycles. The highest BCUT2D eigenvalue weighted by Crippen LogP contribution is 2.30. The van der Waals surface area contributed by atoms with Crippen LogP contribution in [0, 0.1) is 5.92 Å². The van der Waals surface area contributed by atoms with Crippen molar-refractivity contribution < 1.29 is 4.79 Å². The van der Waals surface area contributed by atoms with Crippen molar-refractivity contribution in [2.75, 3.05) is 18.4 Å². The summed E-state index contributed by atoms with van der Waals surface area (Å²) in [6.45, 7) is 7.93. The second-order valence-corrected chi connectivity index (χ2v) is 6.44. The Morgan fingerprint density at radius 1 is 1.48 bits per heavy atom. The second kappa shape index (κ2) is 7.12. The van der Waals surface area contributed by atoms with Gasteiger partial charge in [0, 0.05) is 19.1 Å². The van der Waals surface area contributed by atoms with Gasteiger partial charge in [0.15, 0.2) is 0 Å². The first-order chi connectivity index (χ1) is 10.0. The van der Waals surface area contributed by atoms with Gasteiger partial charge in [0.05, 0.1) is 5.02 Å². The van der Waals surface area contributed by atoms with E-state index in [0.717, 1.165) is 32.4 Å². The number of nitrogens with zero attached hydrogens (tertiary/aromatic N) is 2. The van der Waals surface area contributed by atoms with Crippen molar-refractivity contribution in [1.82, 2.24) is 9.88 Å². The lowest BCUT2D eigenvalue weighted by Crippen LogP contribution is -2.36. The van der Waals surface area contributed by atoms with Crippen LogP contribution in [0.3, 0.4) is 0 Å². The van der Waals surface area contributed by atoms with E-state index < -0.39 is 0 Å². The fourth-order valence-corrected chi connectivity index (χ4v) is 2.44. The summed E-state index contributed by atoms with van der Waals surface area (Å²) < 4.78 is 0. The van der Waals surface area contributed by atoms with Crippen molar-refractivity contribution >= 4 is 23.3 Å². The summed E-state index contributed by atoms with van der Waals surface area (Å²) >= 11 is 6.19. The van der Waals surface area contributed by atoms with Crippen LogP contribution in [0.4, 0.5) is 5.82 Å². The largest absolute Gasteiger partial charge is 0.370 e. The van der Waals surface area contributed by atoms with Gasteiger partial charge in [-0.1, -0.05) is 32.4 Å². The SMILES string of the molecule is CCCNc1ccc(Cl)c(C(=O)N(CC(C)C)C2CC2)n1. The van der Waals surface area contributed by atoms with E-state index in [-0.39, 0.29) is 5.91 Å². The average molecular weight is 310 g/mol. The van der Waals surface area contributed by atoms with Crippen molar-refractivity contribution in [1.29, 1.82) is 0 Å². The number of anilines is 1. The van der Waals surface area contributed by atoms with E-state index in [1.807, 2.05) is 11.0 Å². The van der Waals surface area contributed by atoms with E-state index in [9.17, 15) is 4.79 Å². The number of rotatable bonds is 7. The second-order valence-electron chi connectivity index (χ2n) is 6.04. The van der Waals surface area contributed by atoms with Crippen LogP contribution >= 0.6 is 11.6 Å². The zero-order chi connectivity index (χ0) is 15.4. The molecule has 0 radical (unpaired) electrons. The Morgan fingerprint density at radius 2 is 2.19 bits per heavy atom. The summed E-state index contributed by atoms with van der Waals surface area (Å²) in [5.41, 5.74) is 0.366. The number of aromatic nitrogens is 1. The third-order valence-electron chi connectivity index (χ3n) is 3.42. The van der Waals surface area contributed by atoms with Crippen LogP contribution in [0.25, 0.3) is 0 Å². The van der Waals surface area contributed by atoms with E-state index in [2.05, 4.69) is 31.1 Å². The fraction of sp³-hybridized carbons (Fsp3) is 0.625. The van der Waals surface area contributed by atoms with Crippen LogP contribution in [0.2, 0.25) is 5.02 Å². The predicted molar refractivity (Wildman–Crippen MR) is 86.9 cm³/mol. The molecule has 116 valence electrons. The number of carbonyl (C=O) groups excluding carboxylic acids is 1. The Morgan fingerprint density at radius 3 is 2.76 bits per heavy atom. The molecule has 1 aromatic rings. The van der Waals surface area contributed by atoms with Gasteiger partial charge in [0.25, 0.3) is 5.91 Å². The minimum absolute atomic E-state index is 0.0450. The van der Waals surface area contributed by atoms with Gasteiger partial charge >= 0.3 is 0 Å². The average Bonchev–Trinajstić information content (AvgIpc) is 3.27. The van der Waals surface area contributed by atoms with Crippen molar-refractivity contribution in [2.45, 2.75) is 46.1 Å². The lowest BCUT2D eigenvalue weighted by molar-refractivity contribution is 0.0717. The minimum atomic E-state index is -0.0450. The van der Waals surface area contributed by atoms with Crippen LogP contribution in [0.5, 0.6) is 0 Å². The predicted octanol–water partition coefficient (Wildman–Crippen LogP) is 3.82. The van der Waals surface area contributed by atoms with Gasteiger partial charge in [-0.2, -0.15) is 0 Å². The zero-order valence-electron chi connectivity index (χ0n) is 13.0. The summed E-state index contributed by atoms with van der Waals surface area (Å²) in [5.74, 6) is 1.11. The maximum atomic E-state index is 12.8. The standard InChI is InChI=1S/C16H24ClN3O/c1-4-9-18-14-8-7-13(17)15(19-14)16(21)20(10-11(2)3)12-5-6-12/h7-8,11-12H,4-6,9-10H2,1-3H3,(H,18,19). The van der Waals surface area contributed by atoms with E-state index in [4.69, 9.17) is 11.6 Å². The summed E-state index contributed by atoms with van der Waals surface area (Å²) in [7, 11) is 0. The molecule has 5 heteroatoms. The lowest BCUT2D eigenvalue weighted by atomic mass is 10.2. The molecule has 1 fully saturated rings. The molecule has 1 aliphatic rings. The molecule has 0 aliphatic heterocycles. The number of nitrogens with one attached hydrogen (secondary N) is 1. The molecule has 1 saturated carbocycles. The van der Waals surface area contributed by atoms with Crippen LogP contribution in [-0.2, 0) is 0 Å². The zero-order valence-corrected chi connectivity index (χ0v) is 13.8. The van der Waals surface area contributed by atoms with E-state index in [1.165, 1.54) is 0 Å². The van der Waals surface area contributed by atoms with E-state index >= 15 is 0 Å². The van der Waals surface area contributed by atoms with Crippen molar-refractivity contribution in [3.63, 3.8) is 0 Å². The summed E-state index contributed by atoms with van der Waals surface area (Å²) in [6.07, 6.45) is 3.18. The summed E-state index contributed by atoms with van der Waals surface area (Å²) in [6, 6.07) is 3.93. The molecular weight excluding hydrogens is 286 g/mol. The van der Waals surface area contributed by atoms with Crippen molar-refractivity contribution in [2.24, 2.45) is 5.92 Å². The molecule has 2 rings (SSSR count). The van der Waals surface area contributed by atoms with Gasteiger partial charge in [-0.25, -0.2) is 4.98 Å². The van der Waals surface area contributed by atoms with Gasteiger partial charge in [-0.3, -0.25) is 4.79 Å². The molecule has 0 saturated heterocycles. The van der Waals surface area contributed by atoms with Crippen LogP contribution in [0.1, 0.15) is 50.5 Å². The molecule has 21 heavy (non-hydrogen) atoms. The Balaban J connectivity index is 2.19. The number of carbonyl (C=O) groups is 1. The molecule has 1 N–H and O–H groups in total. The molecule has 1 amide bonds. The Kier molecular flexibility index (Phi) is 5.45. The first-order valence-corrected chi connectivity index (χ1v) is 8.12. The highest BCUT2D eigenvalue weighted by atomic mass is 35.5. The number of hydrogen-bond acceptors (Lipinski definition) is 3. The van der Waals surface area contributed by atoms with Gasteiger partial charge < -0.3 is 10.2 Å². The van der Waals surface area contributed by atoms with Crippen LogP contribution in [-0.4, -0.2) is 34.9 Å². The first-order valence-electron chi connectivity index (χ1n) is 7.74. The molecule has 0 bridgehead atoms. The van der Waals surface area contributed by atoms with Gasteiger partial charge in [0.2, 0.25) is 0 Å². The molecule has 0 unspecified atom stereocenters. The molecular formula is C16H24ClN3O. The topological polar surface area (TPSA) is 45.2 Å². The van der Waals surface area contributed by atoms with Gasteiger partial charge in [-0.05, 0) is 37.3 Å². The van der Waals surface area contributed by atoms with Gasteiger partial charge in [-0.15, -0.1) is 0 Å². The highest BCUT2D eigenvalue weighted by molar-refractivity contribution is 6.33. The quantitative estimate of drug-likeness (QED) is 0.833. The minimum Gasteiger partial charge on any atom is -0.370 e. The number of halogens is 1. The fourth-order valence-electron chi connectivity index (χ4n) is 2.26. The lowest BCUT2D eigenvalue weighted by Gasteiger charge is -2.24. The maximum Gasteiger partial charge on any atom is 0.274 e. The monoisotopic (exact) mass is 309 g/mol. The molecule has 0 aromatic carbocycles. The Labute approximate surface area is 131 Å². The Bertz CT molecular complexity index is 500. The third kappa shape index (κ3) is 4.34. The molecule has 0 atom stereocenters. The summed E-state index contributed by atoms with van der Waals surface area (Å²) in [4.78, 5) is 19.1. The number of amides is 1. The Hall–Kier alpha value is -1.29. The van der Waals surface area contributed by atoms with E-state index in [0.29, 0.717) is 28.5 Å². The van der Waals surface area contributed by atoms with Crippen molar-refractivity contribution in [3.8, 4) is 0 Å². The smallest absolute Gasteiger partial charge is 0.274 e. The highest BCUT2D eigenvalue weighted by Gasteiger charge is 2.34. The van der Waals surface area contributed by atoms with Crippen molar-refractivity contribution in [3.05, 3.63) is 22.8 Å². The van der Waals surface area contributed by atoms with Crippen LogP contribution < -0.4 is 5.32 Å². The maximum absolute atomic E-state index is 12.8. The molecule has 1 aliphatic carbocycles. The number of pyridine rings is 1. The number of hydrogen-bond donors (Lipinski definition) is 1. The third-order valence-corrected chi connectivity index (χ3v) is 3.72. The summed E-state index contributed by atoms with van der Waals surface area (Å²) in [5, 5.41) is 3.63. The molecule has 0 spiro atoms. The van der Waals surface area contributed by atoms with Gasteiger partial charge in [0.1, 0.15) is 11.5 Å². The van der Waals surface area contributed by atoms with Crippen LogP contribution in [0.15, 0.2) is 12.1 Å². The first kappa shape index (κ1) is 16.1. The normalized spacial score (nSPS) is 14.3.